The van der Waals surface area contributed by atoms with Gasteiger partial charge in [0.2, 0.25) is 0 Å². The molecule has 0 radical (unpaired) electrons. The summed E-state index contributed by atoms with van der Waals surface area (Å²) in [7, 11) is 0. The van der Waals surface area contributed by atoms with Crippen LogP contribution >= 0.6 is 0 Å². The Kier molecular flexibility index (Phi) is 3.91. The summed E-state index contributed by atoms with van der Waals surface area (Å²) >= 11 is 0. The number of nitrogens with zero attached hydrogens (tertiary/aromatic N) is 2. The summed E-state index contributed by atoms with van der Waals surface area (Å²) in [6.45, 7) is 6.03. The van der Waals surface area contributed by atoms with Gasteiger partial charge in [0.1, 0.15) is 11.3 Å². The van der Waals surface area contributed by atoms with Gasteiger partial charge in [-0.25, -0.2) is 8.78 Å². The molecule has 130 valence electrons. The summed E-state index contributed by atoms with van der Waals surface area (Å²) in [5.41, 5.74) is 4.13. The molecule has 2 nitrogen and oxygen atoms in total. The van der Waals surface area contributed by atoms with Gasteiger partial charge in [0.25, 0.3) is 0 Å². The summed E-state index contributed by atoms with van der Waals surface area (Å²) in [6, 6.07) is 10.7. The second-order valence-corrected chi connectivity index (χ2v) is 6.84. The second kappa shape index (κ2) is 6.13. The SMILES string of the molecule is Cc1c(-c2cc(C(C)C)c3cccnc3c2F)ccc2ncc(F)cc12. The Morgan fingerprint density at radius 2 is 1.73 bits per heavy atom. The molecule has 0 N–H and O–H groups in total. The predicted octanol–water partition coefficient (Wildman–Crippen LogP) is 6.16. The maximum absolute atomic E-state index is 15.3. The minimum atomic E-state index is -0.402. The third-order valence-electron chi connectivity index (χ3n) is 4.88. The van der Waals surface area contributed by atoms with Crippen molar-refractivity contribution in [2.24, 2.45) is 0 Å². The van der Waals surface area contributed by atoms with E-state index in [0.717, 1.165) is 22.1 Å². The van der Waals surface area contributed by atoms with Crippen molar-refractivity contribution in [2.45, 2.75) is 26.7 Å². The van der Waals surface area contributed by atoms with Crippen molar-refractivity contribution in [1.29, 1.82) is 0 Å². The smallest absolute Gasteiger partial charge is 0.157 e. The molecular formula is C22H18F2N2. The number of hydrogen-bond acceptors (Lipinski definition) is 2. The normalized spacial score (nSPS) is 11.6. The zero-order valence-electron chi connectivity index (χ0n) is 14.8. The van der Waals surface area contributed by atoms with Crippen molar-refractivity contribution in [3.05, 3.63) is 71.6 Å². The molecule has 2 aromatic heterocycles. The lowest BCUT2D eigenvalue weighted by Crippen LogP contribution is -1.98. The van der Waals surface area contributed by atoms with Gasteiger partial charge in [-0.1, -0.05) is 26.0 Å². The summed E-state index contributed by atoms with van der Waals surface area (Å²) < 4.78 is 29.0. The average molecular weight is 348 g/mol. The number of pyridine rings is 2. The Bertz CT molecular complexity index is 1150. The second-order valence-electron chi connectivity index (χ2n) is 6.84. The molecule has 0 aliphatic heterocycles. The van der Waals surface area contributed by atoms with Crippen LogP contribution in [0.3, 0.4) is 0 Å². The number of fused-ring (bicyclic) bond motifs is 2. The fourth-order valence-corrected chi connectivity index (χ4v) is 3.52. The van der Waals surface area contributed by atoms with Gasteiger partial charge in [-0.3, -0.25) is 9.97 Å². The van der Waals surface area contributed by atoms with Crippen molar-refractivity contribution in [2.75, 3.05) is 0 Å². The van der Waals surface area contributed by atoms with E-state index in [4.69, 9.17) is 0 Å². The van der Waals surface area contributed by atoms with E-state index in [1.165, 1.54) is 12.3 Å². The summed E-state index contributed by atoms with van der Waals surface area (Å²) in [5.74, 6) is -0.529. The molecule has 2 heterocycles. The highest BCUT2D eigenvalue weighted by molar-refractivity contribution is 5.93. The van der Waals surface area contributed by atoms with Crippen LogP contribution in [0.2, 0.25) is 0 Å². The number of aryl methyl sites for hydroxylation is 1. The fourth-order valence-electron chi connectivity index (χ4n) is 3.52. The van der Waals surface area contributed by atoms with Crippen LogP contribution in [0.15, 0.2) is 48.8 Å². The molecule has 2 aromatic carbocycles. The third-order valence-corrected chi connectivity index (χ3v) is 4.88. The molecule has 0 fully saturated rings. The molecule has 0 bridgehead atoms. The Hall–Kier alpha value is -2.88. The largest absolute Gasteiger partial charge is 0.253 e. The van der Waals surface area contributed by atoms with E-state index >= 15 is 4.39 Å². The number of halogens is 2. The molecule has 4 aromatic rings. The Morgan fingerprint density at radius 3 is 2.50 bits per heavy atom. The van der Waals surface area contributed by atoms with Crippen molar-refractivity contribution in [3.63, 3.8) is 0 Å². The van der Waals surface area contributed by atoms with E-state index < -0.39 is 5.82 Å². The minimum Gasteiger partial charge on any atom is -0.253 e. The maximum Gasteiger partial charge on any atom is 0.157 e. The molecule has 0 aliphatic rings. The highest BCUT2D eigenvalue weighted by Gasteiger charge is 2.18. The number of rotatable bonds is 2. The van der Waals surface area contributed by atoms with Gasteiger partial charge in [0.15, 0.2) is 5.82 Å². The summed E-state index contributed by atoms with van der Waals surface area (Å²) in [6.07, 6.45) is 2.80. The Balaban J connectivity index is 2.07. The number of benzene rings is 2. The average Bonchev–Trinajstić information content (AvgIpc) is 2.63. The van der Waals surface area contributed by atoms with Crippen LogP contribution in [0, 0.1) is 18.6 Å². The fraction of sp³-hybridized carbons (Fsp3) is 0.182. The molecule has 26 heavy (non-hydrogen) atoms. The van der Waals surface area contributed by atoms with Gasteiger partial charge in [-0.05, 0) is 53.8 Å². The first kappa shape index (κ1) is 16.6. The lowest BCUT2D eigenvalue weighted by Gasteiger charge is -2.16. The molecule has 0 atom stereocenters. The van der Waals surface area contributed by atoms with Gasteiger partial charge in [-0.2, -0.15) is 0 Å². The molecule has 0 aliphatic carbocycles. The summed E-state index contributed by atoms with van der Waals surface area (Å²) in [5, 5.41) is 1.52. The quantitative estimate of drug-likeness (QED) is 0.433. The monoisotopic (exact) mass is 348 g/mol. The first-order chi connectivity index (χ1) is 12.5. The van der Waals surface area contributed by atoms with E-state index in [-0.39, 0.29) is 11.7 Å². The molecule has 0 spiro atoms. The van der Waals surface area contributed by atoms with Crippen LogP contribution in [-0.2, 0) is 0 Å². The Morgan fingerprint density at radius 1 is 0.923 bits per heavy atom. The van der Waals surface area contributed by atoms with Gasteiger partial charge < -0.3 is 0 Å². The van der Waals surface area contributed by atoms with Crippen LogP contribution in [0.1, 0.15) is 30.9 Å². The lowest BCUT2D eigenvalue weighted by molar-refractivity contribution is 0.624. The molecule has 0 unspecified atom stereocenters. The highest BCUT2D eigenvalue weighted by Crippen LogP contribution is 2.37. The molecule has 0 amide bonds. The highest BCUT2D eigenvalue weighted by atomic mass is 19.1. The van der Waals surface area contributed by atoms with Crippen LogP contribution in [-0.4, -0.2) is 9.97 Å². The molecular weight excluding hydrogens is 330 g/mol. The molecule has 0 saturated heterocycles. The minimum absolute atomic E-state index is 0.223. The predicted molar refractivity (Wildman–Crippen MR) is 101 cm³/mol. The topological polar surface area (TPSA) is 25.8 Å². The van der Waals surface area contributed by atoms with E-state index in [2.05, 4.69) is 23.8 Å². The van der Waals surface area contributed by atoms with E-state index in [1.54, 1.807) is 12.3 Å². The van der Waals surface area contributed by atoms with Crippen LogP contribution in [0.25, 0.3) is 32.9 Å². The maximum atomic E-state index is 15.3. The van der Waals surface area contributed by atoms with Gasteiger partial charge in [-0.15, -0.1) is 0 Å². The molecule has 4 heteroatoms. The zero-order valence-corrected chi connectivity index (χ0v) is 14.8. The van der Waals surface area contributed by atoms with Crippen molar-refractivity contribution in [3.8, 4) is 11.1 Å². The Labute approximate surface area is 150 Å². The number of hydrogen-bond donors (Lipinski definition) is 0. The van der Waals surface area contributed by atoms with Crippen molar-refractivity contribution >= 4 is 21.8 Å². The van der Waals surface area contributed by atoms with Crippen LogP contribution in [0.5, 0.6) is 0 Å². The van der Waals surface area contributed by atoms with Gasteiger partial charge in [0, 0.05) is 22.5 Å². The van der Waals surface area contributed by atoms with Crippen LogP contribution in [0.4, 0.5) is 8.78 Å². The van der Waals surface area contributed by atoms with Crippen molar-refractivity contribution < 1.29 is 8.78 Å². The van der Waals surface area contributed by atoms with Crippen molar-refractivity contribution in [1.82, 2.24) is 9.97 Å². The number of aromatic nitrogens is 2. The zero-order chi connectivity index (χ0) is 18.4. The molecule has 0 saturated carbocycles. The standard InChI is InChI=1S/C22H18F2N2/c1-12(2)17-10-19(21(24)22-16(17)5-4-8-25-22)15-6-7-20-18(13(15)3)9-14(23)11-26-20/h4-12H,1-3H3. The van der Waals surface area contributed by atoms with E-state index in [0.29, 0.717) is 22.0 Å². The lowest BCUT2D eigenvalue weighted by atomic mass is 9.90. The third kappa shape index (κ3) is 2.53. The van der Waals surface area contributed by atoms with E-state index in [9.17, 15) is 4.39 Å². The summed E-state index contributed by atoms with van der Waals surface area (Å²) in [4.78, 5) is 8.38. The van der Waals surface area contributed by atoms with Gasteiger partial charge in [0.05, 0.1) is 11.7 Å². The molecule has 4 rings (SSSR count). The van der Waals surface area contributed by atoms with E-state index in [1.807, 2.05) is 31.2 Å². The van der Waals surface area contributed by atoms with Crippen LogP contribution < -0.4 is 0 Å². The first-order valence-corrected chi connectivity index (χ1v) is 8.59. The first-order valence-electron chi connectivity index (χ1n) is 8.59. The van der Waals surface area contributed by atoms with Gasteiger partial charge >= 0.3 is 0 Å².